The number of rotatable bonds is 3. The monoisotopic (exact) mass is 366 g/mol. The summed E-state index contributed by atoms with van der Waals surface area (Å²) in [6, 6.07) is 17.1. The van der Waals surface area contributed by atoms with Crippen LogP contribution in [-0.4, -0.2) is 12.1 Å². The van der Waals surface area contributed by atoms with Crippen LogP contribution in [0.2, 0.25) is 5.02 Å². The maximum atomic E-state index is 12.5. The van der Waals surface area contributed by atoms with Crippen LogP contribution in [0.5, 0.6) is 0 Å². The van der Waals surface area contributed by atoms with Crippen molar-refractivity contribution < 1.29 is 4.79 Å². The van der Waals surface area contributed by atoms with Crippen molar-refractivity contribution in [2.24, 2.45) is 5.92 Å². The summed E-state index contributed by atoms with van der Waals surface area (Å²) in [5, 5.41) is 7.20. The number of carbonyl (C=O) groups excluding carboxylic acids is 1. The van der Waals surface area contributed by atoms with Gasteiger partial charge in [0.15, 0.2) is 0 Å². The molecule has 4 aliphatic carbocycles. The van der Waals surface area contributed by atoms with Gasteiger partial charge in [0.2, 0.25) is 0 Å². The van der Waals surface area contributed by atoms with Gasteiger partial charge in [-0.25, -0.2) is 4.79 Å². The number of nitrogens with one attached hydrogen (secondary N) is 2. The fourth-order valence-corrected chi connectivity index (χ4v) is 5.04. The molecular weight excluding hydrogens is 344 g/mol. The molecule has 4 heteroatoms. The summed E-state index contributed by atoms with van der Waals surface area (Å²) in [4.78, 5) is 12.5. The third-order valence-electron chi connectivity index (χ3n) is 6.52. The first-order chi connectivity index (χ1) is 12.7. The number of urea groups is 1. The summed E-state index contributed by atoms with van der Waals surface area (Å²) in [6.45, 7) is 0. The lowest BCUT2D eigenvalue weighted by molar-refractivity contribution is 0.163. The molecule has 0 radical (unpaired) electrons. The average molecular weight is 367 g/mol. The Morgan fingerprint density at radius 3 is 2.27 bits per heavy atom. The van der Waals surface area contributed by atoms with Crippen molar-refractivity contribution in [3.05, 3.63) is 70.2 Å². The molecule has 0 aliphatic heterocycles. The highest BCUT2D eigenvalue weighted by molar-refractivity contribution is 6.30. The van der Waals surface area contributed by atoms with Gasteiger partial charge in [-0.3, -0.25) is 0 Å². The zero-order chi connectivity index (χ0) is 17.7. The molecule has 2 aromatic carbocycles. The van der Waals surface area contributed by atoms with E-state index in [1.807, 2.05) is 12.1 Å². The van der Waals surface area contributed by atoms with Crippen molar-refractivity contribution >= 4 is 17.6 Å². The van der Waals surface area contributed by atoms with Crippen molar-refractivity contribution in [2.75, 3.05) is 0 Å². The number of hydrogen-bond donors (Lipinski definition) is 2. The fraction of sp³-hybridized carbons (Fsp3) is 0.409. The normalized spacial score (nSPS) is 31.2. The van der Waals surface area contributed by atoms with Crippen molar-refractivity contribution in [2.45, 2.75) is 49.6 Å². The van der Waals surface area contributed by atoms with E-state index in [-0.39, 0.29) is 18.1 Å². The third-order valence-corrected chi connectivity index (χ3v) is 6.77. The van der Waals surface area contributed by atoms with Crippen LogP contribution in [-0.2, 0) is 0 Å². The molecule has 26 heavy (non-hydrogen) atoms. The lowest BCUT2D eigenvalue weighted by Gasteiger charge is -2.48. The van der Waals surface area contributed by atoms with Gasteiger partial charge in [-0.15, -0.1) is 0 Å². The zero-order valence-corrected chi connectivity index (χ0v) is 15.4. The van der Waals surface area contributed by atoms with Gasteiger partial charge in [0.25, 0.3) is 0 Å². The minimum atomic E-state index is -0.0188. The van der Waals surface area contributed by atoms with Crippen molar-refractivity contribution in [3.8, 4) is 0 Å². The Kier molecular flexibility index (Phi) is 3.93. The summed E-state index contributed by atoms with van der Waals surface area (Å²) < 4.78 is 0. The van der Waals surface area contributed by atoms with Crippen LogP contribution in [0.4, 0.5) is 4.79 Å². The van der Waals surface area contributed by atoms with Gasteiger partial charge in [-0.05, 0) is 72.3 Å². The predicted molar refractivity (Wildman–Crippen MR) is 104 cm³/mol. The Morgan fingerprint density at radius 1 is 0.846 bits per heavy atom. The van der Waals surface area contributed by atoms with Gasteiger partial charge >= 0.3 is 6.03 Å². The zero-order valence-electron chi connectivity index (χ0n) is 14.6. The Balaban J connectivity index is 1.18. The molecule has 2 fully saturated rings. The van der Waals surface area contributed by atoms with Gasteiger partial charge < -0.3 is 10.6 Å². The number of halogens is 1. The second kappa shape index (κ2) is 6.31. The molecule has 2 aromatic rings. The minimum Gasteiger partial charge on any atom is -0.335 e. The van der Waals surface area contributed by atoms with Gasteiger partial charge in [-0.2, -0.15) is 0 Å². The predicted octanol–water partition coefficient (Wildman–Crippen LogP) is 5.13. The Labute approximate surface area is 159 Å². The van der Waals surface area contributed by atoms with Gasteiger partial charge in [-0.1, -0.05) is 48.0 Å². The van der Waals surface area contributed by atoms with E-state index in [0.717, 1.165) is 17.9 Å². The summed E-state index contributed by atoms with van der Waals surface area (Å²) in [6.07, 6.45) is 4.43. The number of amides is 2. The van der Waals surface area contributed by atoms with Crippen LogP contribution in [0.3, 0.4) is 0 Å². The third kappa shape index (κ3) is 2.79. The van der Waals surface area contributed by atoms with E-state index in [0.29, 0.717) is 17.8 Å². The highest BCUT2D eigenvalue weighted by Gasteiger charge is 2.44. The second-order valence-corrected chi connectivity index (χ2v) is 8.51. The highest BCUT2D eigenvalue weighted by atomic mass is 35.5. The van der Waals surface area contributed by atoms with E-state index >= 15 is 0 Å². The van der Waals surface area contributed by atoms with Crippen LogP contribution in [0, 0.1) is 5.92 Å². The lowest BCUT2D eigenvalue weighted by atomic mass is 9.60. The number of hydrogen-bond acceptors (Lipinski definition) is 1. The summed E-state index contributed by atoms with van der Waals surface area (Å²) >= 11 is 5.95. The Morgan fingerprint density at radius 2 is 1.54 bits per heavy atom. The molecule has 6 rings (SSSR count). The molecule has 2 saturated carbocycles. The van der Waals surface area contributed by atoms with Gasteiger partial charge in [0.05, 0.1) is 6.04 Å². The van der Waals surface area contributed by atoms with E-state index in [1.54, 1.807) is 0 Å². The topological polar surface area (TPSA) is 41.1 Å². The Bertz CT molecular complexity index is 822. The second-order valence-electron chi connectivity index (χ2n) is 8.07. The largest absolute Gasteiger partial charge is 0.335 e. The van der Waals surface area contributed by atoms with Gasteiger partial charge in [0.1, 0.15) is 0 Å². The van der Waals surface area contributed by atoms with E-state index in [4.69, 9.17) is 11.6 Å². The number of benzene rings is 2. The van der Waals surface area contributed by atoms with Crippen molar-refractivity contribution in [1.29, 1.82) is 0 Å². The van der Waals surface area contributed by atoms with Crippen LogP contribution in [0.15, 0.2) is 48.5 Å². The van der Waals surface area contributed by atoms with Crippen molar-refractivity contribution in [3.63, 3.8) is 0 Å². The van der Waals surface area contributed by atoms with Gasteiger partial charge in [0, 0.05) is 11.1 Å². The molecule has 1 unspecified atom stereocenters. The van der Waals surface area contributed by atoms with E-state index in [9.17, 15) is 4.79 Å². The van der Waals surface area contributed by atoms with E-state index in [2.05, 4.69) is 47.0 Å². The molecule has 4 aliphatic rings. The molecule has 0 spiro atoms. The van der Waals surface area contributed by atoms with E-state index in [1.165, 1.54) is 29.5 Å². The molecule has 0 saturated heterocycles. The fourth-order valence-electron chi connectivity index (χ4n) is 4.91. The first kappa shape index (κ1) is 16.2. The molecular formula is C22H23ClN2O. The molecule has 1 atom stereocenters. The van der Waals surface area contributed by atoms with Crippen LogP contribution < -0.4 is 10.6 Å². The first-order valence-electron chi connectivity index (χ1n) is 9.58. The SMILES string of the molecule is O=C(NC1CC(c2ccc(Cl)cc2)C1)NC1c2ccccc2C2CC1C2. The standard InChI is InChI=1S/C22H23ClN2O/c23-17-7-5-13(6-8-17)14-11-18(12-14)24-22(26)25-21-16-9-15(10-16)19-3-1-2-4-20(19)21/h1-8,14-16,18,21H,9-12H2,(H2,24,25,26). The molecule has 2 amide bonds. The quantitative estimate of drug-likeness (QED) is 0.776. The maximum absolute atomic E-state index is 12.5. The van der Waals surface area contributed by atoms with Crippen LogP contribution in [0.25, 0.3) is 0 Å². The molecule has 134 valence electrons. The van der Waals surface area contributed by atoms with E-state index < -0.39 is 0 Å². The summed E-state index contributed by atoms with van der Waals surface area (Å²) in [5.74, 6) is 1.84. The Hall–Kier alpha value is -2.00. The molecule has 2 bridgehead atoms. The van der Waals surface area contributed by atoms with Crippen molar-refractivity contribution in [1.82, 2.24) is 10.6 Å². The maximum Gasteiger partial charge on any atom is 0.315 e. The molecule has 2 N–H and O–H groups in total. The summed E-state index contributed by atoms with van der Waals surface area (Å²) in [5.41, 5.74) is 4.07. The lowest BCUT2D eigenvalue weighted by Crippen LogP contribution is -2.51. The molecule has 0 aromatic heterocycles. The summed E-state index contributed by atoms with van der Waals surface area (Å²) in [7, 11) is 0. The molecule has 0 heterocycles. The number of carbonyl (C=O) groups is 1. The van der Waals surface area contributed by atoms with Crippen LogP contribution >= 0.6 is 11.6 Å². The molecule has 3 nitrogen and oxygen atoms in total. The minimum absolute atomic E-state index is 0.0188. The first-order valence-corrected chi connectivity index (χ1v) is 9.96. The highest BCUT2D eigenvalue weighted by Crippen LogP contribution is 2.54. The smallest absolute Gasteiger partial charge is 0.315 e. The average Bonchev–Trinajstić information content (AvgIpc) is 2.58. The van der Waals surface area contributed by atoms with Crippen LogP contribution in [0.1, 0.15) is 60.3 Å².